The lowest BCUT2D eigenvalue weighted by molar-refractivity contribution is -0.138. The van der Waals surface area contributed by atoms with Crippen LogP contribution in [0, 0.1) is 0 Å². The van der Waals surface area contributed by atoms with Crippen molar-refractivity contribution in [2.24, 2.45) is 0 Å². The maximum atomic E-state index is 12.9. The van der Waals surface area contributed by atoms with Gasteiger partial charge >= 0.3 is 6.18 Å². The van der Waals surface area contributed by atoms with E-state index in [4.69, 9.17) is 0 Å². The van der Waals surface area contributed by atoms with E-state index in [2.05, 4.69) is 23.9 Å². The van der Waals surface area contributed by atoms with E-state index >= 15 is 0 Å². The van der Waals surface area contributed by atoms with Crippen molar-refractivity contribution in [2.45, 2.75) is 31.6 Å². The van der Waals surface area contributed by atoms with Gasteiger partial charge in [0, 0.05) is 12.6 Å². The third kappa shape index (κ3) is 3.73. The van der Waals surface area contributed by atoms with E-state index in [0.717, 1.165) is 25.9 Å². The normalized spacial score (nSPS) is 18.7. The molecule has 1 aromatic rings. The second-order valence-electron chi connectivity index (χ2n) is 5.63. The largest absolute Gasteiger partial charge is 0.416 e. The van der Waals surface area contributed by atoms with Gasteiger partial charge < -0.3 is 4.90 Å². The number of hydrogen-bond donors (Lipinski definition) is 0. The highest BCUT2D eigenvalue weighted by Crippen LogP contribution is 2.32. The van der Waals surface area contributed by atoms with Gasteiger partial charge in [-0.05, 0) is 51.7 Å². The molecule has 2 nitrogen and oxygen atoms in total. The van der Waals surface area contributed by atoms with Crippen molar-refractivity contribution in [1.29, 1.82) is 0 Å². The Kier molecular flexibility index (Phi) is 4.70. The lowest BCUT2D eigenvalue weighted by Gasteiger charge is -2.35. The molecular weight excluding hydrogens is 265 g/mol. The summed E-state index contributed by atoms with van der Waals surface area (Å²) in [5, 5.41) is 0. The number of nitrogens with zero attached hydrogens (tertiary/aromatic N) is 2. The average Bonchev–Trinajstić information content (AvgIpc) is 2.38. The summed E-state index contributed by atoms with van der Waals surface area (Å²) in [7, 11) is 4.11. The average molecular weight is 286 g/mol. The Balaban J connectivity index is 2.02. The Morgan fingerprint density at radius 3 is 2.30 bits per heavy atom. The van der Waals surface area contributed by atoms with Crippen molar-refractivity contribution in [3.05, 3.63) is 35.4 Å². The highest BCUT2D eigenvalue weighted by molar-refractivity contribution is 5.29. The molecule has 0 spiro atoms. The third-order valence-corrected chi connectivity index (χ3v) is 4.00. The predicted molar refractivity (Wildman–Crippen MR) is 73.4 cm³/mol. The Labute approximate surface area is 118 Å². The first-order valence-corrected chi connectivity index (χ1v) is 6.92. The molecule has 0 N–H and O–H groups in total. The topological polar surface area (TPSA) is 6.48 Å². The van der Waals surface area contributed by atoms with Crippen molar-refractivity contribution < 1.29 is 13.2 Å². The van der Waals surface area contributed by atoms with Crippen molar-refractivity contribution >= 4 is 0 Å². The molecule has 1 heterocycles. The second-order valence-corrected chi connectivity index (χ2v) is 5.63. The molecule has 1 aliphatic heterocycles. The first kappa shape index (κ1) is 15.3. The van der Waals surface area contributed by atoms with Gasteiger partial charge in [-0.3, -0.25) is 4.90 Å². The van der Waals surface area contributed by atoms with Crippen molar-refractivity contribution in [3.63, 3.8) is 0 Å². The van der Waals surface area contributed by atoms with Crippen molar-refractivity contribution in [3.8, 4) is 0 Å². The van der Waals surface area contributed by atoms with Crippen LogP contribution in [-0.2, 0) is 12.7 Å². The molecule has 1 fully saturated rings. The fourth-order valence-corrected chi connectivity index (χ4v) is 2.77. The minimum atomic E-state index is -4.27. The molecule has 112 valence electrons. The van der Waals surface area contributed by atoms with Gasteiger partial charge in [-0.1, -0.05) is 18.2 Å². The van der Waals surface area contributed by atoms with Gasteiger partial charge in [0.15, 0.2) is 0 Å². The van der Waals surface area contributed by atoms with Crippen LogP contribution in [0.4, 0.5) is 13.2 Å². The smallest absolute Gasteiger partial charge is 0.306 e. The quantitative estimate of drug-likeness (QED) is 0.841. The molecule has 5 heteroatoms. The number of hydrogen-bond acceptors (Lipinski definition) is 2. The second kappa shape index (κ2) is 6.14. The Bertz CT molecular complexity index is 435. The Morgan fingerprint density at radius 2 is 1.75 bits per heavy atom. The maximum absolute atomic E-state index is 12.9. The lowest BCUT2D eigenvalue weighted by Crippen LogP contribution is -2.41. The highest BCUT2D eigenvalue weighted by atomic mass is 19.4. The SMILES string of the molecule is CN(C)C1CCN(Cc2ccccc2C(F)(F)F)CC1. The predicted octanol–water partition coefficient (Wildman–Crippen LogP) is 3.23. The molecule has 0 bridgehead atoms. The van der Waals surface area contributed by atoms with E-state index in [0.29, 0.717) is 18.2 Å². The summed E-state index contributed by atoms with van der Waals surface area (Å²) < 4.78 is 38.8. The molecule has 1 aromatic carbocycles. The van der Waals surface area contributed by atoms with Gasteiger partial charge in [0.2, 0.25) is 0 Å². The number of likely N-dealkylation sites (tertiary alicyclic amines) is 1. The van der Waals surface area contributed by atoms with Gasteiger partial charge in [-0.2, -0.15) is 13.2 Å². The minimum Gasteiger partial charge on any atom is -0.306 e. The zero-order chi connectivity index (χ0) is 14.8. The fraction of sp³-hybridized carbons (Fsp3) is 0.600. The van der Waals surface area contributed by atoms with Gasteiger partial charge in [0.25, 0.3) is 0 Å². The standard InChI is InChI=1S/C15H21F3N2/c1-19(2)13-7-9-20(10-8-13)11-12-5-3-4-6-14(12)15(16,17)18/h3-6,13H,7-11H2,1-2H3. The zero-order valence-corrected chi connectivity index (χ0v) is 12.0. The van der Waals surface area contributed by atoms with E-state index in [1.54, 1.807) is 12.1 Å². The maximum Gasteiger partial charge on any atom is 0.416 e. The number of alkyl halides is 3. The molecule has 0 atom stereocenters. The van der Waals surface area contributed by atoms with Crippen LogP contribution in [0.2, 0.25) is 0 Å². The van der Waals surface area contributed by atoms with Gasteiger partial charge in [0.1, 0.15) is 0 Å². The summed E-state index contributed by atoms with van der Waals surface area (Å²) in [6.45, 7) is 2.10. The van der Waals surface area contributed by atoms with Gasteiger partial charge in [-0.25, -0.2) is 0 Å². The Morgan fingerprint density at radius 1 is 1.15 bits per heavy atom. The monoisotopic (exact) mass is 286 g/mol. The molecule has 0 aromatic heterocycles. The summed E-state index contributed by atoms with van der Waals surface area (Å²) in [4.78, 5) is 4.31. The van der Waals surface area contributed by atoms with Crippen LogP contribution >= 0.6 is 0 Å². The molecule has 0 amide bonds. The summed E-state index contributed by atoms with van der Waals surface area (Å²) in [5.74, 6) is 0. The number of halogens is 3. The fourth-order valence-electron chi connectivity index (χ4n) is 2.77. The van der Waals surface area contributed by atoms with E-state index in [1.807, 2.05) is 0 Å². The zero-order valence-electron chi connectivity index (χ0n) is 12.0. The molecule has 20 heavy (non-hydrogen) atoms. The lowest BCUT2D eigenvalue weighted by atomic mass is 10.0. The molecule has 1 aliphatic rings. The summed E-state index contributed by atoms with van der Waals surface area (Å²) in [6.07, 6.45) is -2.24. The van der Waals surface area contributed by atoms with Crippen molar-refractivity contribution in [1.82, 2.24) is 9.80 Å². The summed E-state index contributed by atoms with van der Waals surface area (Å²) in [5.41, 5.74) is -0.127. The Hall–Kier alpha value is -1.07. The first-order chi connectivity index (χ1) is 9.38. The number of piperidine rings is 1. The van der Waals surface area contributed by atoms with Crippen LogP contribution in [0.15, 0.2) is 24.3 Å². The molecular formula is C15H21F3N2. The van der Waals surface area contributed by atoms with Crippen LogP contribution in [0.3, 0.4) is 0 Å². The third-order valence-electron chi connectivity index (χ3n) is 4.00. The number of benzene rings is 1. The summed E-state index contributed by atoms with van der Waals surface area (Å²) in [6, 6.07) is 6.42. The summed E-state index contributed by atoms with van der Waals surface area (Å²) >= 11 is 0. The molecule has 0 unspecified atom stereocenters. The van der Waals surface area contributed by atoms with Crippen LogP contribution < -0.4 is 0 Å². The van der Waals surface area contributed by atoms with Crippen molar-refractivity contribution in [2.75, 3.05) is 27.2 Å². The van der Waals surface area contributed by atoms with E-state index in [1.165, 1.54) is 12.1 Å². The number of rotatable bonds is 3. The van der Waals surface area contributed by atoms with Crippen LogP contribution in [0.5, 0.6) is 0 Å². The van der Waals surface area contributed by atoms with E-state index in [-0.39, 0.29) is 0 Å². The minimum absolute atomic E-state index is 0.378. The molecule has 0 saturated carbocycles. The van der Waals surface area contributed by atoms with Gasteiger partial charge in [-0.15, -0.1) is 0 Å². The molecule has 0 aliphatic carbocycles. The first-order valence-electron chi connectivity index (χ1n) is 6.92. The van der Waals surface area contributed by atoms with Gasteiger partial charge in [0.05, 0.1) is 5.56 Å². The van der Waals surface area contributed by atoms with Crippen LogP contribution in [0.25, 0.3) is 0 Å². The highest BCUT2D eigenvalue weighted by Gasteiger charge is 2.33. The van der Waals surface area contributed by atoms with Crippen LogP contribution in [0.1, 0.15) is 24.0 Å². The molecule has 1 saturated heterocycles. The van der Waals surface area contributed by atoms with E-state index < -0.39 is 11.7 Å². The van der Waals surface area contributed by atoms with E-state index in [9.17, 15) is 13.2 Å². The molecule has 0 radical (unpaired) electrons. The molecule has 2 rings (SSSR count). The van der Waals surface area contributed by atoms with Crippen LogP contribution in [-0.4, -0.2) is 43.0 Å².